The van der Waals surface area contributed by atoms with E-state index in [-0.39, 0.29) is 16.6 Å². The number of aromatic nitrogens is 1. The van der Waals surface area contributed by atoms with Gasteiger partial charge in [-0.2, -0.15) is 0 Å². The van der Waals surface area contributed by atoms with Crippen molar-refractivity contribution in [1.82, 2.24) is 9.88 Å². The number of hydrogen-bond donors (Lipinski definition) is 0. The second-order valence-corrected chi connectivity index (χ2v) is 5.38. The average molecular weight is 314 g/mol. The molecule has 1 amide bonds. The summed E-state index contributed by atoms with van der Waals surface area (Å²) < 4.78 is 5.37. The minimum atomic E-state index is -0.680. The fourth-order valence-corrected chi connectivity index (χ4v) is 2.63. The molecule has 0 N–H and O–H groups in total. The van der Waals surface area contributed by atoms with Crippen LogP contribution < -0.4 is 0 Å². The second-order valence-electron chi connectivity index (χ2n) is 5.02. The molecule has 0 aliphatic carbocycles. The number of carbonyl (C=O) groups excluding carboxylic acids is 1. The first kappa shape index (κ1) is 15.7. The van der Waals surface area contributed by atoms with Gasteiger partial charge in [-0.1, -0.05) is 11.6 Å². The number of amides is 1. The molecular weight excluding hydrogens is 298 g/mol. The molecule has 1 atom stereocenters. The van der Waals surface area contributed by atoms with Crippen LogP contribution in [0.3, 0.4) is 0 Å². The quantitative estimate of drug-likeness (QED) is 0.483. The molecule has 2 rings (SSSR count). The highest BCUT2D eigenvalue weighted by molar-refractivity contribution is 6.32. The van der Waals surface area contributed by atoms with Crippen molar-refractivity contribution in [3.63, 3.8) is 0 Å². The maximum Gasteiger partial charge on any atom is 0.319 e. The van der Waals surface area contributed by atoms with E-state index >= 15 is 0 Å². The maximum absolute atomic E-state index is 12.4. The number of ether oxygens (including phenoxy) is 1. The Kier molecular flexibility index (Phi) is 5.08. The highest BCUT2D eigenvalue weighted by Gasteiger charge is 2.28. The minimum Gasteiger partial charge on any atom is -0.381 e. The molecule has 0 bridgehead atoms. The van der Waals surface area contributed by atoms with Crippen LogP contribution in [0.5, 0.6) is 0 Å². The van der Waals surface area contributed by atoms with Crippen LogP contribution in [-0.2, 0) is 4.74 Å². The third kappa shape index (κ3) is 3.68. The van der Waals surface area contributed by atoms with Crippen molar-refractivity contribution < 1.29 is 14.5 Å². The summed E-state index contributed by atoms with van der Waals surface area (Å²) in [4.78, 5) is 27.9. The van der Waals surface area contributed by atoms with Crippen LogP contribution in [0, 0.1) is 16.0 Å². The van der Waals surface area contributed by atoms with Crippen molar-refractivity contribution in [3.05, 3.63) is 33.1 Å². The zero-order valence-corrected chi connectivity index (χ0v) is 12.4. The predicted molar refractivity (Wildman–Crippen MR) is 76.4 cm³/mol. The Morgan fingerprint density at radius 1 is 1.67 bits per heavy atom. The number of hydrogen-bond acceptors (Lipinski definition) is 5. The van der Waals surface area contributed by atoms with E-state index in [1.165, 1.54) is 17.2 Å². The number of rotatable bonds is 4. The van der Waals surface area contributed by atoms with Crippen LogP contribution in [-0.4, -0.2) is 47.5 Å². The topological polar surface area (TPSA) is 85.6 Å². The SMILES string of the molecule is CN(CC1CCCOC1)C(=O)c1ccnc(Cl)c1[N+](=O)[O-]. The van der Waals surface area contributed by atoms with Gasteiger partial charge in [0.05, 0.1) is 11.5 Å². The Bertz CT molecular complexity index is 546. The number of carbonyl (C=O) groups is 1. The lowest BCUT2D eigenvalue weighted by molar-refractivity contribution is -0.385. The monoisotopic (exact) mass is 313 g/mol. The summed E-state index contributed by atoms with van der Waals surface area (Å²) in [5, 5.41) is 10.8. The molecule has 1 aliphatic heterocycles. The van der Waals surface area contributed by atoms with Crippen molar-refractivity contribution in [2.24, 2.45) is 5.92 Å². The molecule has 0 radical (unpaired) electrons. The zero-order chi connectivity index (χ0) is 15.4. The average Bonchev–Trinajstić information content (AvgIpc) is 2.46. The molecule has 21 heavy (non-hydrogen) atoms. The van der Waals surface area contributed by atoms with Gasteiger partial charge < -0.3 is 9.64 Å². The van der Waals surface area contributed by atoms with Crippen LogP contribution in [0.2, 0.25) is 5.15 Å². The first-order valence-electron chi connectivity index (χ1n) is 6.62. The molecule has 1 aromatic heterocycles. The smallest absolute Gasteiger partial charge is 0.319 e. The normalized spacial score (nSPS) is 18.3. The molecule has 0 aromatic carbocycles. The molecule has 7 nitrogen and oxygen atoms in total. The lowest BCUT2D eigenvalue weighted by Gasteiger charge is -2.27. The Morgan fingerprint density at radius 3 is 3.05 bits per heavy atom. The molecule has 1 saturated heterocycles. The van der Waals surface area contributed by atoms with Gasteiger partial charge >= 0.3 is 5.69 Å². The van der Waals surface area contributed by atoms with Gasteiger partial charge in [-0.15, -0.1) is 0 Å². The standard InChI is InChI=1S/C13H16ClN3O4/c1-16(7-9-3-2-6-21-8-9)13(18)10-4-5-15-12(14)11(10)17(19)20/h4-5,9H,2-3,6-8H2,1H3. The fraction of sp³-hybridized carbons (Fsp3) is 0.538. The highest BCUT2D eigenvalue weighted by atomic mass is 35.5. The molecule has 1 aromatic rings. The molecule has 1 fully saturated rings. The lowest BCUT2D eigenvalue weighted by atomic mass is 10.0. The van der Waals surface area contributed by atoms with Crippen LogP contribution in [0.1, 0.15) is 23.2 Å². The Hall–Kier alpha value is -1.73. The molecular formula is C13H16ClN3O4. The highest BCUT2D eigenvalue weighted by Crippen LogP contribution is 2.27. The van der Waals surface area contributed by atoms with Crippen LogP contribution in [0.4, 0.5) is 5.69 Å². The van der Waals surface area contributed by atoms with Crippen molar-refractivity contribution in [1.29, 1.82) is 0 Å². The van der Waals surface area contributed by atoms with Crippen LogP contribution in [0.15, 0.2) is 12.3 Å². The Balaban J connectivity index is 2.15. The van der Waals surface area contributed by atoms with Gasteiger partial charge in [0.25, 0.3) is 5.91 Å². The molecule has 0 spiro atoms. The van der Waals surface area contributed by atoms with Crippen molar-refractivity contribution >= 4 is 23.2 Å². The lowest BCUT2D eigenvalue weighted by Crippen LogP contribution is -2.35. The largest absolute Gasteiger partial charge is 0.381 e. The summed E-state index contributed by atoms with van der Waals surface area (Å²) in [7, 11) is 1.62. The molecule has 1 unspecified atom stereocenters. The van der Waals surface area contributed by atoms with Crippen molar-refractivity contribution in [3.8, 4) is 0 Å². The number of nitro groups is 1. The van der Waals surface area contributed by atoms with E-state index in [4.69, 9.17) is 16.3 Å². The van der Waals surface area contributed by atoms with Crippen LogP contribution >= 0.6 is 11.6 Å². The Morgan fingerprint density at radius 2 is 2.43 bits per heavy atom. The van der Waals surface area contributed by atoms with Gasteiger partial charge in [-0.05, 0) is 24.8 Å². The van der Waals surface area contributed by atoms with Crippen molar-refractivity contribution in [2.75, 3.05) is 26.8 Å². The Labute approximate surface area is 127 Å². The number of nitrogens with zero attached hydrogens (tertiary/aromatic N) is 3. The zero-order valence-electron chi connectivity index (χ0n) is 11.6. The number of halogens is 1. The summed E-state index contributed by atoms with van der Waals surface area (Å²) in [5.41, 5.74) is -0.491. The van der Waals surface area contributed by atoms with Gasteiger partial charge in [0, 0.05) is 26.4 Å². The molecule has 1 aliphatic rings. The molecule has 2 heterocycles. The first-order chi connectivity index (χ1) is 10.0. The van der Waals surface area contributed by atoms with E-state index in [9.17, 15) is 14.9 Å². The van der Waals surface area contributed by atoms with E-state index in [1.807, 2.05) is 0 Å². The van der Waals surface area contributed by atoms with E-state index in [0.717, 1.165) is 19.4 Å². The molecule has 114 valence electrons. The second kappa shape index (κ2) is 6.82. The maximum atomic E-state index is 12.4. The van der Waals surface area contributed by atoms with Gasteiger partial charge in [0.1, 0.15) is 5.56 Å². The minimum absolute atomic E-state index is 0.0424. The van der Waals surface area contributed by atoms with Gasteiger partial charge in [-0.25, -0.2) is 4.98 Å². The van der Waals surface area contributed by atoms with E-state index in [0.29, 0.717) is 13.2 Å². The fourth-order valence-electron chi connectivity index (χ4n) is 2.40. The van der Waals surface area contributed by atoms with E-state index in [1.54, 1.807) is 7.05 Å². The summed E-state index contributed by atoms with van der Waals surface area (Å²) in [5.74, 6) is -0.180. The predicted octanol–water partition coefficient (Wildman–Crippen LogP) is 2.14. The van der Waals surface area contributed by atoms with Gasteiger partial charge in [0.15, 0.2) is 0 Å². The molecule has 8 heteroatoms. The molecule has 0 saturated carbocycles. The van der Waals surface area contributed by atoms with Crippen LogP contribution in [0.25, 0.3) is 0 Å². The van der Waals surface area contributed by atoms with E-state index < -0.39 is 16.5 Å². The summed E-state index contributed by atoms with van der Waals surface area (Å²) in [6.45, 7) is 1.85. The summed E-state index contributed by atoms with van der Waals surface area (Å²) in [6.07, 6.45) is 3.24. The van der Waals surface area contributed by atoms with E-state index in [2.05, 4.69) is 4.98 Å². The van der Waals surface area contributed by atoms with Gasteiger partial charge in [0.2, 0.25) is 5.15 Å². The number of pyridine rings is 1. The first-order valence-corrected chi connectivity index (χ1v) is 7.00. The van der Waals surface area contributed by atoms with Gasteiger partial charge in [-0.3, -0.25) is 14.9 Å². The third-order valence-corrected chi connectivity index (χ3v) is 3.70. The summed E-state index contributed by atoms with van der Waals surface area (Å²) in [6, 6.07) is 1.32. The van der Waals surface area contributed by atoms with Crippen molar-refractivity contribution in [2.45, 2.75) is 12.8 Å². The third-order valence-electron chi connectivity index (χ3n) is 3.43. The summed E-state index contributed by atoms with van der Waals surface area (Å²) >= 11 is 5.72.